The van der Waals surface area contributed by atoms with Crippen LogP contribution in [-0.2, 0) is 9.59 Å². The maximum atomic E-state index is 11.6. The van der Waals surface area contributed by atoms with Gasteiger partial charge in [-0.15, -0.1) is 0 Å². The highest BCUT2D eigenvalue weighted by Gasteiger charge is 2.13. The molecule has 4 heteroatoms. The molecule has 4 nitrogen and oxygen atoms in total. The second kappa shape index (κ2) is 8.95. The van der Waals surface area contributed by atoms with Gasteiger partial charge in [-0.3, -0.25) is 9.59 Å². The molecule has 0 saturated heterocycles. The monoisotopic (exact) mass is 256 g/mol. The zero-order chi connectivity index (χ0) is 14.1. The number of hydrogen-bond acceptors (Lipinski definition) is 2. The summed E-state index contributed by atoms with van der Waals surface area (Å²) < 4.78 is 0. The van der Waals surface area contributed by atoms with Crippen LogP contribution in [0.5, 0.6) is 0 Å². The van der Waals surface area contributed by atoms with Gasteiger partial charge in [0.1, 0.15) is 0 Å². The Morgan fingerprint density at radius 2 is 1.44 bits per heavy atom. The SMILES string of the molecule is CCCC(=O)NC(C)CC(C)NC(=O)CC(C)C. The third-order valence-corrected chi connectivity index (χ3v) is 2.59. The molecule has 2 atom stereocenters. The molecule has 0 bridgehead atoms. The fourth-order valence-electron chi connectivity index (χ4n) is 1.93. The predicted molar refractivity (Wildman–Crippen MR) is 74.2 cm³/mol. The first-order chi connectivity index (χ1) is 8.35. The van der Waals surface area contributed by atoms with Gasteiger partial charge in [0, 0.05) is 24.9 Å². The summed E-state index contributed by atoms with van der Waals surface area (Å²) in [6.45, 7) is 9.98. The van der Waals surface area contributed by atoms with Crippen LogP contribution in [0.1, 0.15) is 60.3 Å². The van der Waals surface area contributed by atoms with E-state index in [1.807, 2.05) is 34.6 Å². The summed E-state index contributed by atoms with van der Waals surface area (Å²) in [5.41, 5.74) is 0. The second-order valence-corrected chi connectivity index (χ2v) is 5.52. The average Bonchev–Trinajstić information content (AvgIpc) is 2.14. The fourth-order valence-corrected chi connectivity index (χ4v) is 1.93. The Kier molecular flexibility index (Phi) is 8.42. The minimum Gasteiger partial charge on any atom is -0.354 e. The van der Waals surface area contributed by atoms with Gasteiger partial charge in [0.25, 0.3) is 0 Å². The van der Waals surface area contributed by atoms with Crippen LogP contribution in [0.25, 0.3) is 0 Å². The lowest BCUT2D eigenvalue weighted by molar-refractivity contribution is -0.122. The molecule has 2 amide bonds. The van der Waals surface area contributed by atoms with E-state index in [4.69, 9.17) is 0 Å². The van der Waals surface area contributed by atoms with Crippen LogP contribution in [0.4, 0.5) is 0 Å². The van der Waals surface area contributed by atoms with Crippen LogP contribution >= 0.6 is 0 Å². The third-order valence-electron chi connectivity index (χ3n) is 2.59. The molecule has 0 aromatic carbocycles. The van der Waals surface area contributed by atoms with Gasteiger partial charge in [-0.2, -0.15) is 0 Å². The first kappa shape index (κ1) is 16.9. The summed E-state index contributed by atoms with van der Waals surface area (Å²) >= 11 is 0. The van der Waals surface area contributed by atoms with Crippen LogP contribution < -0.4 is 10.6 Å². The highest BCUT2D eigenvalue weighted by Crippen LogP contribution is 2.02. The quantitative estimate of drug-likeness (QED) is 0.699. The molecule has 18 heavy (non-hydrogen) atoms. The molecule has 2 N–H and O–H groups in total. The summed E-state index contributed by atoms with van der Waals surface area (Å²) in [6.07, 6.45) is 2.75. The van der Waals surface area contributed by atoms with Gasteiger partial charge < -0.3 is 10.6 Å². The predicted octanol–water partition coefficient (Wildman–Crippen LogP) is 2.23. The summed E-state index contributed by atoms with van der Waals surface area (Å²) in [6, 6.07) is 0.187. The molecule has 0 aliphatic rings. The molecule has 0 aromatic heterocycles. The Labute approximate surface area is 111 Å². The normalized spacial score (nSPS) is 14.1. The van der Waals surface area contributed by atoms with E-state index in [-0.39, 0.29) is 23.9 Å². The minimum absolute atomic E-state index is 0.0876. The topological polar surface area (TPSA) is 58.2 Å². The van der Waals surface area contributed by atoms with Crippen LogP contribution in [0.3, 0.4) is 0 Å². The van der Waals surface area contributed by atoms with E-state index in [1.54, 1.807) is 0 Å². The number of hydrogen-bond donors (Lipinski definition) is 2. The van der Waals surface area contributed by atoms with E-state index in [0.29, 0.717) is 18.8 Å². The van der Waals surface area contributed by atoms with Crippen LogP contribution in [0.15, 0.2) is 0 Å². The number of carbonyl (C=O) groups is 2. The van der Waals surface area contributed by atoms with Crippen molar-refractivity contribution >= 4 is 11.8 Å². The molecular weight excluding hydrogens is 228 g/mol. The third kappa shape index (κ3) is 9.02. The Morgan fingerprint density at radius 1 is 0.944 bits per heavy atom. The van der Waals surface area contributed by atoms with Gasteiger partial charge >= 0.3 is 0 Å². The van der Waals surface area contributed by atoms with Crippen molar-refractivity contribution in [2.24, 2.45) is 5.92 Å². The van der Waals surface area contributed by atoms with Gasteiger partial charge in [0.05, 0.1) is 0 Å². The molecule has 0 aromatic rings. The fraction of sp³-hybridized carbons (Fsp3) is 0.857. The van der Waals surface area contributed by atoms with Crippen molar-refractivity contribution in [2.75, 3.05) is 0 Å². The second-order valence-electron chi connectivity index (χ2n) is 5.52. The van der Waals surface area contributed by atoms with Crippen molar-refractivity contribution in [2.45, 2.75) is 72.4 Å². The van der Waals surface area contributed by atoms with Crippen LogP contribution in [0, 0.1) is 5.92 Å². The molecule has 0 fully saturated rings. The highest BCUT2D eigenvalue weighted by molar-refractivity contribution is 5.77. The molecule has 0 spiro atoms. The zero-order valence-electron chi connectivity index (χ0n) is 12.4. The number of rotatable bonds is 8. The molecule has 0 radical (unpaired) electrons. The van der Waals surface area contributed by atoms with Crippen molar-refractivity contribution < 1.29 is 9.59 Å². The minimum atomic E-state index is 0.0876. The smallest absolute Gasteiger partial charge is 0.220 e. The molecular formula is C14H28N2O2. The first-order valence-corrected chi connectivity index (χ1v) is 6.93. The Balaban J connectivity index is 3.89. The lowest BCUT2D eigenvalue weighted by Crippen LogP contribution is -2.40. The van der Waals surface area contributed by atoms with Crippen molar-refractivity contribution in [1.82, 2.24) is 10.6 Å². The molecule has 2 unspecified atom stereocenters. The summed E-state index contributed by atoms with van der Waals surface area (Å²) in [4.78, 5) is 23.0. The summed E-state index contributed by atoms with van der Waals surface area (Å²) in [7, 11) is 0. The highest BCUT2D eigenvalue weighted by atomic mass is 16.2. The Bertz CT molecular complexity index is 265. The molecule has 0 rings (SSSR count). The molecule has 0 saturated carbocycles. The maximum absolute atomic E-state index is 11.6. The number of carbonyl (C=O) groups excluding carboxylic acids is 2. The summed E-state index contributed by atoms with van der Waals surface area (Å²) in [5, 5.41) is 5.89. The van der Waals surface area contributed by atoms with E-state index >= 15 is 0 Å². The standard InChI is InChI=1S/C14H28N2O2/c1-6-7-13(17)15-11(4)9-12(5)16-14(18)8-10(2)3/h10-12H,6-9H2,1-5H3,(H,15,17)(H,16,18). The van der Waals surface area contributed by atoms with E-state index < -0.39 is 0 Å². The van der Waals surface area contributed by atoms with E-state index in [2.05, 4.69) is 10.6 Å². The molecule has 0 aliphatic carbocycles. The number of nitrogens with one attached hydrogen (secondary N) is 2. The van der Waals surface area contributed by atoms with E-state index in [1.165, 1.54) is 0 Å². The number of amides is 2. The van der Waals surface area contributed by atoms with Gasteiger partial charge in [-0.25, -0.2) is 0 Å². The van der Waals surface area contributed by atoms with Gasteiger partial charge in [0.2, 0.25) is 11.8 Å². The van der Waals surface area contributed by atoms with E-state index in [0.717, 1.165) is 12.8 Å². The van der Waals surface area contributed by atoms with Gasteiger partial charge in [0.15, 0.2) is 0 Å². The Morgan fingerprint density at radius 3 is 1.89 bits per heavy atom. The average molecular weight is 256 g/mol. The first-order valence-electron chi connectivity index (χ1n) is 6.93. The van der Waals surface area contributed by atoms with Crippen molar-refractivity contribution in [3.05, 3.63) is 0 Å². The zero-order valence-corrected chi connectivity index (χ0v) is 12.4. The molecule has 0 heterocycles. The maximum Gasteiger partial charge on any atom is 0.220 e. The van der Waals surface area contributed by atoms with Crippen molar-refractivity contribution in [3.63, 3.8) is 0 Å². The van der Waals surface area contributed by atoms with Crippen molar-refractivity contribution in [3.8, 4) is 0 Å². The lowest BCUT2D eigenvalue weighted by atomic mass is 10.1. The van der Waals surface area contributed by atoms with E-state index in [9.17, 15) is 9.59 Å². The molecule has 0 aliphatic heterocycles. The van der Waals surface area contributed by atoms with Crippen LogP contribution in [0.2, 0.25) is 0 Å². The Hall–Kier alpha value is -1.06. The molecule has 106 valence electrons. The van der Waals surface area contributed by atoms with Gasteiger partial charge in [-0.1, -0.05) is 20.8 Å². The lowest BCUT2D eigenvalue weighted by Gasteiger charge is -2.20. The van der Waals surface area contributed by atoms with Crippen molar-refractivity contribution in [1.29, 1.82) is 0 Å². The van der Waals surface area contributed by atoms with Crippen LogP contribution in [-0.4, -0.2) is 23.9 Å². The summed E-state index contributed by atoms with van der Waals surface area (Å²) in [5.74, 6) is 0.550. The largest absolute Gasteiger partial charge is 0.354 e. The van der Waals surface area contributed by atoms with Gasteiger partial charge in [-0.05, 0) is 32.6 Å².